The molecular weight excluding hydrogens is 470 g/mol. The number of hydrogen-bond donors (Lipinski definition) is 1. The number of methoxy groups -OCH3 is 2. The molecule has 1 N–H and O–H groups in total. The van der Waals surface area contributed by atoms with Crippen LogP contribution in [-0.2, 0) is 7.05 Å². The monoisotopic (exact) mass is 491 g/mol. The van der Waals surface area contributed by atoms with E-state index in [1.807, 2.05) is 71.6 Å². The highest BCUT2D eigenvalue weighted by molar-refractivity contribution is 7.14. The highest BCUT2D eigenvalue weighted by atomic mass is 35.5. The van der Waals surface area contributed by atoms with Crippen molar-refractivity contribution in [2.24, 2.45) is 7.05 Å². The van der Waals surface area contributed by atoms with E-state index >= 15 is 0 Å². The topological polar surface area (TPSA) is 69.4 Å². The number of pyridine rings is 1. The summed E-state index contributed by atoms with van der Waals surface area (Å²) in [5.41, 5.74) is 4.73. The van der Waals surface area contributed by atoms with Crippen LogP contribution in [0.1, 0.15) is 17.4 Å². The third-order valence-corrected chi connectivity index (χ3v) is 7.14. The molecule has 1 unspecified atom stereocenters. The lowest BCUT2D eigenvalue weighted by molar-refractivity contribution is 0.212. The average Bonchev–Trinajstić information content (AvgIpc) is 3.47. The van der Waals surface area contributed by atoms with Gasteiger partial charge in [0.05, 0.1) is 41.7 Å². The molecule has 0 spiro atoms. The molecule has 0 saturated carbocycles. The second-order valence-corrected chi connectivity index (χ2v) is 9.13. The molecule has 0 aliphatic carbocycles. The van der Waals surface area contributed by atoms with E-state index in [4.69, 9.17) is 21.1 Å². The van der Waals surface area contributed by atoms with Crippen LogP contribution in [0.2, 0.25) is 5.02 Å². The lowest BCUT2D eigenvalue weighted by Gasteiger charge is -2.16. The number of nitrogens with zero attached hydrogens (tertiary/aromatic N) is 3. The van der Waals surface area contributed by atoms with Crippen LogP contribution >= 0.6 is 22.9 Å². The van der Waals surface area contributed by atoms with Crippen molar-refractivity contribution < 1.29 is 14.6 Å². The fraction of sp³-hybridized carbons (Fsp3) is 0.154. The predicted octanol–water partition coefficient (Wildman–Crippen LogP) is 6.12. The first-order chi connectivity index (χ1) is 16.5. The van der Waals surface area contributed by atoms with Gasteiger partial charge in [-0.3, -0.25) is 0 Å². The molecule has 0 amide bonds. The van der Waals surface area contributed by atoms with Gasteiger partial charge in [0.1, 0.15) is 17.5 Å². The molecule has 0 radical (unpaired) electrons. The Balaban J connectivity index is 1.67. The number of aromatic nitrogens is 3. The Morgan fingerprint density at radius 3 is 2.65 bits per heavy atom. The van der Waals surface area contributed by atoms with E-state index in [2.05, 4.69) is 9.97 Å². The van der Waals surface area contributed by atoms with Gasteiger partial charge in [-0.2, -0.15) is 0 Å². The fourth-order valence-corrected chi connectivity index (χ4v) is 5.23. The van der Waals surface area contributed by atoms with Crippen molar-refractivity contribution in [2.45, 2.75) is 6.10 Å². The molecule has 3 aromatic heterocycles. The Morgan fingerprint density at radius 2 is 1.91 bits per heavy atom. The van der Waals surface area contributed by atoms with Gasteiger partial charge in [-0.1, -0.05) is 29.8 Å². The highest BCUT2D eigenvalue weighted by Crippen LogP contribution is 2.39. The minimum absolute atomic E-state index is 0.514. The number of fused-ring (bicyclic) bond motifs is 1. The number of rotatable bonds is 6. The van der Waals surface area contributed by atoms with Crippen LogP contribution in [0.5, 0.6) is 11.6 Å². The summed E-state index contributed by atoms with van der Waals surface area (Å²) in [6.45, 7) is 0. The first kappa shape index (κ1) is 22.4. The van der Waals surface area contributed by atoms with Gasteiger partial charge in [0.2, 0.25) is 5.88 Å². The minimum Gasteiger partial charge on any atom is -0.497 e. The molecule has 0 aliphatic heterocycles. The number of aryl methyl sites for hydroxylation is 1. The summed E-state index contributed by atoms with van der Waals surface area (Å²) in [6, 6.07) is 17.3. The quantitative estimate of drug-likeness (QED) is 0.310. The van der Waals surface area contributed by atoms with Gasteiger partial charge in [-0.05, 0) is 52.4 Å². The van der Waals surface area contributed by atoms with Crippen molar-refractivity contribution in [3.8, 4) is 33.3 Å². The van der Waals surface area contributed by atoms with Crippen LogP contribution in [0.4, 0.5) is 0 Å². The fourth-order valence-electron chi connectivity index (χ4n) is 4.08. The first-order valence-corrected chi connectivity index (χ1v) is 11.8. The molecule has 5 aromatic rings. The number of aliphatic hydroxyl groups is 1. The van der Waals surface area contributed by atoms with Crippen molar-refractivity contribution in [1.82, 2.24) is 14.5 Å². The van der Waals surface area contributed by atoms with E-state index in [1.54, 1.807) is 20.5 Å². The standard InChI is InChI=1S/C26H22ClN3O3S/c1-30-14-28-23(26-20(27)9-10-34-26)24(30)25(31)16-7-8-21-19(12-16)18(13-22(29-21)33-3)15-5-4-6-17(11-15)32-2/h4-14,25,31H,1-3H3. The molecule has 0 saturated heterocycles. The van der Waals surface area contributed by atoms with Crippen molar-refractivity contribution in [3.63, 3.8) is 0 Å². The SMILES string of the molecule is COc1cccc(-c2cc(OC)nc3ccc(C(O)c4c(-c5sccc5Cl)ncn4C)cc23)c1. The molecule has 2 aromatic carbocycles. The van der Waals surface area contributed by atoms with Gasteiger partial charge in [-0.25, -0.2) is 9.97 Å². The Kier molecular flexibility index (Phi) is 6.00. The van der Waals surface area contributed by atoms with E-state index in [0.717, 1.165) is 38.2 Å². The molecular formula is C26H22ClN3O3S. The van der Waals surface area contributed by atoms with E-state index in [-0.39, 0.29) is 0 Å². The van der Waals surface area contributed by atoms with Crippen molar-refractivity contribution >= 4 is 33.8 Å². The number of benzene rings is 2. The lowest BCUT2D eigenvalue weighted by Crippen LogP contribution is -2.07. The maximum Gasteiger partial charge on any atom is 0.214 e. The zero-order valence-corrected chi connectivity index (χ0v) is 20.4. The largest absolute Gasteiger partial charge is 0.497 e. The second-order valence-electron chi connectivity index (χ2n) is 7.81. The van der Waals surface area contributed by atoms with Crippen LogP contribution < -0.4 is 9.47 Å². The van der Waals surface area contributed by atoms with Gasteiger partial charge in [0.15, 0.2) is 0 Å². The maximum atomic E-state index is 11.5. The first-order valence-electron chi connectivity index (χ1n) is 10.6. The molecule has 0 bridgehead atoms. The average molecular weight is 492 g/mol. The smallest absolute Gasteiger partial charge is 0.214 e. The van der Waals surface area contributed by atoms with Crippen molar-refractivity contribution in [2.75, 3.05) is 14.2 Å². The summed E-state index contributed by atoms with van der Waals surface area (Å²) in [7, 11) is 5.11. The number of hydrogen-bond acceptors (Lipinski definition) is 6. The normalized spacial score (nSPS) is 12.1. The molecule has 0 fully saturated rings. The van der Waals surface area contributed by atoms with Crippen LogP contribution in [0, 0.1) is 0 Å². The molecule has 34 heavy (non-hydrogen) atoms. The molecule has 5 rings (SSSR count). The Morgan fingerprint density at radius 1 is 1.06 bits per heavy atom. The van der Waals surface area contributed by atoms with Gasteiger partial charge < -0.3 is 19.1 Å². The summed E-state index contributed by atoms with van der Waals surface area (Å²) in [6.07, 6.45) is 0.782. The van der Waals surface area contributed by atoms with Crippen molar-refractivity contribution in [1.29, 1.82) is 0 Å². The number of thiophene rings is 1. The van der Waals surface area contributed by atoms with Gasteiger partial charge in [0.25, 0.3) is 0 Å². The zero-order valence-electron chi connectivity index (χ0n) is 18.8. The van der Waals surface area contributed by atoms with Gasteiger partial charge in [-0.15, -0.1) is 11.3 Å². The summed E-state index contributed by atoms with van der Waals surface area (Å²) in [4.78, 5) is 9.96. The van der Waals surface area contributed by atoms with Crippen molar-refractivity contribution in [3.05, 3.63) is 82.6 Å². The molecule has 3 heterocycles. The zero-order chi connectivity index (χ0) is 23.8. The van der Waals surface area contributed by atoms with Crippen LogP contribution in [-0.4, -0.2) is 33.9 Å². The third kappa shape index (κ3) is 3.92. The summed E-state index contributed by atoms with van der Waals surface area (Å²) in [5, 5.41) is 14.9. The summed E-state index contributed by atoms with van der Waals surface area (Å²) in [5.74, 6) is 1.27. The lowest BCUT2D eigenvalue weighted by atomic mass is 9.96. The Bertz CT molecular complexity index is 1490. The molecule has 1 atom stereocenters. The Labute approximate surface area is 206 Å². The molecule has 172 valence electrons. The summed E-state index contributed by atoms with van der Waals surface area (Å²) >= 11 is 7.87. The van der Waals surface area contributed by atoms with Crippen LogP contribution in [0.3, 0.4) is 0 Å². The third-order valence-electron chi connectivity index (χ3n) is 5.79. The number of ether oxygens (including phenoxy) is 2. The number of aliphatic hydroxyl groups excluding tert-OH is 1. The number of imidazole rings is 1. The Hall–Kier alpha value is -3.39. The minimum atomic E-state index is -0.912. The van der Waals surface area contributed by atoms with E-state index in [9.17, 15) is 5.11 Å². The second kappa shape index (κ2) is 9.10. The van der Waals surface area contributed by atoms with E-state index in [1.165, 1.54) is 11.3 Å². The van der Waals surface area contributed by atoms with Crippen LogP contribution in [0.25, 0.3) is 32.6 Å². The predicted molar refractivity (Wildman–Crippen MR) is 136 cm³/mol. The summed E-state index contributed by atoms with van der Waals surface area (Å²) < 4.78 is 12.7. The van der Waals surface area contributed by atoms with Crippen LogP contribution in [0.15, 0.2) is 66.3 Å². The van der Waals surface area contributed by atoms with Gasteiger partial charge in [0, 0.05) is 18.5 Å². The maximum absolute atomic E-state index is 11.5. The molecule has 6 nitrogen and oxygen atoms in total. The highest BCUT2D eigenvalue weighted by Gasteiger charge is 2.23. The molecule has 8 heteroatoms. The number of halogens is 1. The molecule has 0 aliphatic rings. The van der Waals surface area contributed by atoms with Gasteiger partial charge >= 0.3 is 0 Å². The van der Waals surface area contributed by atoms with E-state index in [0.29, 0.717) is 22.3 Å². The van der Waals surface area contributed by atoms with E-state index < -0.39 is 6.10 Å².